The number of benzene rings is 2. The number of carbonyl (C=O) groups is 1. The van der Waals surface area contributed by atoms with Gasteiger partial charge in [-0.25, -0.2) is 14.4 Å². The lowest BCUT2D eigenvalue weighted by Crippen LogP contribution is -2.35. The Morgan fingerprint density at radius 2 is 1.92 bits per heavy atom. The summed E-state index contributed by atoms with van der Waals surface area (Å²) in [5.74, 6) is 0.986. The number of carboxylic acid groups (broad SMARTS) is 1. The van der Waals surface area contributed by atoms with Gasteiger partial charge >= 0.3 is 5.97 Å². The van der Waals surface area contributed by atoms with Crippen LogP contribution in [0.4, 0.5) is 4.39 Å². The van der Waals surface area contributed by atoms with Crippen LogP contribution in [-0.4, -0.2) is 34.8 Å². The van der Waals surface area contributed by atoms with Crippen molar-refractivity contribution in [2.45, 2.75) is 58.5 Å². The van der Waals surface area contributed by atoms with Crippen LogP contribution >= 0.6 is 0 Å². The van der Waals surface area contributed by atoms with E-state index in [1.165, 1.54) is 13.2 Å². The summed E-state index contributed by atoms with van der Waals surface area (Å²) >= 11 is 0. The van der Waals surface area contributed by atoms with E-state index in [0.29, 0.717) is 46.7 Å². The minimum absolute atomic E-state index is 0.0145. The van der Waals surface area contributed by atoms with Crippen LogP contribution < -0.4 is 14.2 Å². The smallest absolute Gasteiger partial charge is 0.303 e. The van der Waals surface area contributed by atoms with Crippen molar-refractivity contribution in [2.24, 2.45) is 17.3 Å². The molecule has 0 amide bonds. The lowest BCUT2D eigenvalue weighted by Gasteiger charge is -2.42. The topological polar surface area (TPSA) is 90.8 Å². The number of halogens is 1. The van der Waals surface area contributed by atoms with E-state index < -0.39 is 11.8 Å². The number of ether oxygens (including phenoxy) is 3. The Kier molecular flexibility index (Phi) is 7.73. The van der Waals surface area contributed by atoms with Gasteiger partial charge in [-0.2, -0.15) is 0 Å². The summed E-state index contributed by atoms with van der Waals surface area (Å²) in [4.78, 5) is 20.6. The minimum Gasteiger partial charge on any atom is -0.497 e. The summed E-state index contributed by atoms with van der Waals surface area (Å²) in [6, 6.07) is 12.1. The molecule has 7 nitrogen and oxygen atoms in total. The van der Waals surface area contributed by atoms with Crippen molar-refractivity contribution < 1.29 is 28.5 Å². The van der Waals surface area contributed by atoms with E-state index >= 15 is 0 Å². The highest BCUT2D eigenvalue weighted by Crippen LogP contribution is 2.46. The molecule has 3 aromatic rings. The van der Waals surface area contributed by atoms with Crippen LogP contribution in [0.15, 0.2) is 48.7 Å². The second-order valence-corrected chi connectivity index (χ2v) is 11.5. The van der Waals surface area contributed by atoms with Gasteiger partial charge in [0, 0.05) is 5.56 Å². The summed E-state index contributed by atoms with van der Waals surface area (Å²) < 4.78 is 32.3. The average molecular weight is 535 g/mol. The molecule has 1 heterocycles. The predicted octanol–water partition coefficient (Wildman–Crippen LogP) is 6.65. The Hall–Kier alpha value is -3.68. The SMILES string of the molecule is COc1ccc(F)c(-c2ncc(COc3cccc(C(CC(=O)O)C4CC4)c3)nc2OCC2CC(C)(C)C2)c1. The third-order valence-corrected chi connectivity index (χ3v) is 7.62. The quantitative estimate of drug-likeness (QED) is 0.278. The van der Waals surface area contributed by atoms with Gasteiger partial charge in [0.1, 0.15) is 35.3 Å². The van der Waals surface area contributed by atoms with Crippen LogP contribution in [0.5, 0.6) is 17.4 Å². The molecule has 39 heavy (non-hydrogen) atoms. The largest absolute Gasteiger partial charge is 0.497 e. The normalized spacial score (nSPS) is 17.2. The Labute approximate surface area is 228 Å². The molecule has 1 unspecified atom stereocenters. The molecule has 1 atom stereocenters. The van der Waals surface area contributed by atoms with Crippen LogP contribution in [0.3, 0.4) is 0 Å². The van der Waals surface area contributed by atoms with E-state index in [2.05, 4.69) is 23.8 Å². The van der Waals surface area contributed by atoms with Gasteiger partial charge in [-0.05, 0) is 84.7 Å². The molecule has 1 aromatic heterocycles. The molecule has 0 aliphatic heterocycles. The van der Waals surface area contributed by atoms with Gasteiger partial charge in [0.15, 0.2) is 0 Å². The van der Waals surface area contributed by atoms with Crippen LogP contribution in [0.2, 0.25) is 0 Å². The van der Waals surface area contributed by atoms with Gasteiger partial charge in [0.25, 0.3) is 0 Å². The second kappa shape index (κ2) is 11.2. The molecule has 5 rings (SSSR count). The summed E-state index contributed by atoms with van der Waals surface area (Å²) in [6.45, 7) is 5.09. The summed E-state index contributed by atoms with van der Waals surface area (Å²) in [6.07, 6.45) is 5.91. The number of methoxy groups -OCH3 is 1. The maximum atomic E-state index is 14.8. The number of aromatic nitrogens is 2. The summed E-state index contributed by atoms with van der Waals surface area (Å²) in [5.41, 5.74) is 2.40. The zero-order valence-electron chi connectivity index (χ0n) is 22.7. The van der Waals surface area contributed by atoms with Gasteiger partial charge in [0.05, 0.1) is 26.3 Å². The molecule has 8 heteroatoms. The van der Waals surface area contributed by atoms with Crippen molar-refractivity contribution in [1.82, 2.24) is 9.97 Å². The molecule has 0 bridgehead atoms. The molecule has 2 fully saturated rings. The van der Waals surface area contributed by atoms with Crippen LogP contribution in [-0.2, 0) is 11.4 Å². The lowest BCUT2D eigenvalue weighted by atomic mass is 9.65. The van der Waals surface area contributed by atoms with Gasteiger partial charge in [0.2, 0.25) is 5.88 Å². The number of aliphatic carboxylic acids is 1. The number of hydrogen-bond acceptors (Lipinski definition) is 6. The molecule has 0 saturated heterocycles. The standard InChI is InChI=1S/C31H35FN2O5/c1-31(2)14-19(15-31)17-39-30-29(26-12-23(37-3)9-10-27(26)32)33-16-22(34-30)18-38-24-6-4-5-21(11-24)25(13-28(35)36)20-7-8-20/h4-6,9-12,16,19-20,25H,7-8,13-15,17-18H2,1-3H3,(H,35,36). The Bertz CT molecular complexity index is 1330. The number of hydrogen-bond donors (Lipinski definition) is 1. The fourth-order valence-corrected chi connectivity index (χ4v) is 5.63. The Balaban J connectivity index is 1.35. The maximum absolute atomic E-state index is 14.8. The highest BCUT2D eigenvalue weighted by atomic mass is 19.1. The zero-order valence-corrected chi connectivity index (χ0v) is 22.7. The molecule has 0 spiro atoms. The fraction of sp³-hybridized carbons (Fsp3) is 0.452. The molecule has 2 aliphatic rings. The van der Waals surface area contributed by atoms with E-state index in [-0.39, 0.29) is 30.4 Å². The lowest BCUT2D eigenvalue weighted by molar-refractivity contribution is -0.137. The van der Waals surface area contributed by atoms with Crippen molar-refractivity contribution in [3.05, 3.63) is 65.7 Å². The van der Waals surface area contributed by atoms with Gasteiger partial charge in [-0.15, -0.1) is 0 Å². The number of carboxylic acids is 1. The first-order valence-corrected chi connectivity index (χ1v) is 13.5. The molecular weight excluding hydrogens is 499 g/mol. The predicted molar refractivity (Wildman–Crippen MR) is 144 cm³/mol. The Morgan fingerprint density at radius 1 is 1.13 bits per heavy atom. The van der Waals surface area contributed by atoms with Crippen LogP contribution in [0.1, 0.15) is 63.1 Å². The first-order valence-electron chi connectivity index (χ1n) is 13.5. The molecule has 0 radical (unpaired) electrons. The van der Waals surface area contributed by atoms with Crippen molar-refractivity contribution in [2.75, 3.05) is 13.7 Å². The number of nitrogens with zero attached hydrogens (tertiary/aromatic N) is 2. The van der Waals surface area contributed by atoms with E-state index in [4.69, 9.17) is 14.2 Å². The van der Waals surface area contributed by atoms with E-state index in [1.807, 2.05) is 24.3 Å². The molecule has 2 aliphatic carbocycles. The van der Waals surface area contributed by atoms with Gasteiger partial charge in [-0.3, -0.25) is 4.79 Å². The average Bonchev–Trinajstić information content (AvgIpc) is 3.74. The molecular formula is C31H35FN2O5. The second-order valence-electron chi connectivity index (χ2n) is 11.5. The fourth-order valence-electron chi connectivity index (χ4n) is 5.63. The monoisotopic (exact) mass is 534 g/mol. The summed E-state index contributed by atoms with van der Waals surface area (Å²) in [5, 5.41) is 9.35. The van der Waals surface area contributed by atoms with E-state index in [1.54, 1.807) is 18.3 Å². The van der Waals surface area contributed by atoms with E-state index in [0.717, 1.165) is 31.2 Å². The van der Waals surface area contributed by atoms with E-state index in [9.17, 15) is 14.3 Å². The first kappa shape index (κ1) is 26.9. The van der Waals surface area contributed by atoms with Crippen molar-refractivity contribution in [3.63, 3.8) is 0 Å². The van der Waals surface area contributed by atoms with Gasteiger partial charge < -0.3 is 19.3 Å². The first-order chi connectivity index (χ1) is 18.7. The zero-order chi connectivity index (χ0) is 27.6. The van der Waals surface area contributed by atoms with Crippen molar-refractivity contribution >= 4 is 5.97 Å². The third-order valence-electron chi connectivity index (χ3n) is 7.62. The summed E-state index contributed by atoms with van der Waals surface area (Å²) in [7, 11) is 1.53. The highest BCUT2D eigenvalue weighted by molar-refractivity contribution is 5.68. The Morgan fingerprint density at radius 3 is 2.62 bits per heavy atom. The maximum Gasteiger partial charge on any atom is 0.303 e. The van der Waals surface area contributed by atoms with Crippen molar-refractivity contribution in [3.8, 4) is 28.6 Å². The minimum atomic E-state index is -0.793. The number of rotatable bonds is 12. The van der Waals surface area contributed by atoms with Crippen LogP contribution in [0, 0.1) is 23.1 Å². The third kappa shape index (κ3) is 6.67. The molecule has 2 aromatic carbocycles. The molecule has 1 N–H and O–H groups in total. The molecule has 2 saturated carbocycles. The molecule has 206 valence electrons. The van der Waals surface area contributed by atoms with Crippen molar-refractivity contribution in [1.29, 1.82) is 0 Å². The van der Waals surface area contributed by atoms with Gasteiger partial charge in [-0.1, -0.05) is 26.0 Å². The highest BCUT2D eigenvalue weighted by Gasteiger charge is 2.36. The van der Waals surface area contributed by atoms with Crippen LogP contribution in [0.25, 0.3) is 11.3 Å².